The van der Waals surface area contributed by atoms with Gasteiger partial charge in [0.15, 0.2) is 5.78 Å². The van der Waals surface area contributed by atoms with Gasteiger partial charge in [0.1, 0.15) is 5.69 Å². The number of methoxy groups -OCH3 is 1. The molecular weight excluding hydrogens is 230 g/mol. The van der Waals surface area contributed by atoms with Gasteiger partial charge >= 0.3 is 0 Å². The van der Waals surface area contributed by atoms with Crippen molar-refractivity contribution in [2.45, 2.75) is 39.8 Å². The van der Waals surface area contributed by atoms with Crippen molar-refractivity contribution in [2.75, 3.05) is 13.7 Å². The average molecular weight is 253 g/mol. The van der Waals surface area contributed by atoms with Crippen molar-refractivity contribution in [3.8, 4) is 0 Å². The van der Waals surface area contributed by atoms with Crippen molar-refractivity contribution in [3.63, 3.8) is 0 Å². The molecule has 0 bridgehead atoms. The van der Waals surface area contributed by atoms with Crippen LogP contribution >= 0.6 is 0 Å². The van der Waals surface area contributed by atoms with E-state index in [4.69, 9.17) is 10.5 Å². The molecule has 0 amide bonds. The van der Waals surface area contributed by atoms with Crippen LogP contribution in [0.25, 0.3) is 0 Å². The molecule has 1 heterocycles. The summed E-state index contributed by atoms with van der Waals surface area (Å²) in [7, 11) is 1.62. The van der Waals surface area contributed by atoms with E-state index in [1.165, 1.54) is 0 Å². The minimum Gasteiger partial charge on any atom is -0.383 e. The Morgan fingerprint density at radius 1 is 1.44 bits per heavy atom. The summed E-state index contributed by atoms with van der Waals surface area (Å²) < 4.78 is 6.67. The highest BCUT2D eigenvalue weighted by molar-refractivity contribution is 5.99. The first kappa shape index (κ1) is 14.9. The summed E-state index contributed by atoms with van der Waals surface area (Å²) >= 11 is 0. The fraction of sp³-hybridized carbons (Fsp3) is 0.692. The molecule has 1 aromatic rings. The predicted octanol–water partition coefficient (Wildman–Crippen LogP) is 1.48. The number of ether oxygens (including phenoxy) is 1. The standard InChI is InChI=1S/C13H23N3O2/c1-12(2,13(3,4)14)11(17)10-6-7-15-16(10)8-9-18-5/h6-7H,8-9,14H2,1-5H3. The first-order valence-electron chi connectivity index (χ1n) is 6.06. The van der Waals surface area contributed by atoms with Crippen LogP contribution in [-0.4, -0.2) is 34.8 Å². The molecule has 0 aliphatic carbocycles. The summed E-state index contributed by atoms with van der Waals surface area (Å²) in [6, 6.07) is 1.73. The molecule has 102 valence electrons. The SMILES string of the molecule is COCCn1nccc1C(=O)C(C)(C)C(C)(C)N. The summed E-state index contributed by atoms with van der Waals surface area (Å²) in [5.74, 6) is 0.00334. The highest BCUT2D eigenvalue weighted by Gasteiger charge is 2.41. The number of rotatable bonds is 6. The second-order valence-corrected chi connectivity index (χ2v) is 5.61. The van der Waals surface area contributed by atoms with Gasteiger partial charge in [-0.1, -0.05) is 13.8 Å². The van der Waals surface area contributed by atoms with Crippen molar-refractivity contribution >= 4 is 5.78 Å². The zero-order valence-corrected chi connectivity index (χ0v) is 11.9. The Kier molecular flexibility index (Phi) is 4.29. The molecule has 5 heteroatoms. The normalized spacial score (nSPS) is 12.8. The molecule has 18 heavy (non-hydrogen) atoms. The number of ketones is 1. The molecule has 0 unspecified atom stereocenters. The zero-order valence-electron chi connectivity index (χ0n) is 11.9. The van der Waals surface area contributed by atoms with Crippen LogP contribution in [-0.2, 0) is 11.3 Å². The lowest BCUT2D eigenvalue weighted by Gasteiger charge is -2.36. The Hall–Kier alpha value is -1.20. The first-order valence-corrected chi connectivity index (χ1v) is 6.06. The van der Waals surface area contributed by atoms with Gasteiger partial charge in [-0.3, -0.25) is 9.48 Å². The molecular formula is C13H23N3O2. The molecule has 0 saturated heterocycles. The quantitative estimate of drug-likeness (QED) is 0.779. The van der Waals surface area contributed by atoms with E-state index >= 15 is 0 Å². The van der Waals surface area contributed by atoms with Crippen LogP contribution in [0.15, 0.2) is 12.3 Å². The van der Waals surface area contributed by atoms with Gasteiger partial charge in [0.2, 0.25) is 0 Å². The fourth-order valence-corrected chi connectivity index (χ4v) is 1.49. The van der Waals surface area contributed by atoms with E-state index in [-0.39, 0.29) is 5.78 Å². The number of hydrogen-bond acceptors (Lipinski definition) is 4. The Labute approximate surface area is 108 Å². The molecule has 1 aromatic heterocycles. The van der Waals surface area contributed by atoms with Gasteiger partial charge in [0, 0.05) is 24.3 Å². The van der Waals surface area contributed by atoms with Gasteiger partial charge in [0.25, 0.3) is 0 Å². The Bertz CT molecular complexity index is 416. The second-order valence-electron chi connectivity index (χ2n) is 5.61. The van der Waals surface area contributed by atoms with E-state index in [1.54, 1.807) is 24.1 Å². The topological polar surface area (TPSA) is 70.1 Å². The fourth-order valence-electron chi connectivity index (χ4n) is 1.49. The van der Waals surface area contributed by atoms with Crippen LogP contribution < -0.4 is 5.73 Å². The van der Waals surface area contributed by atoms with Crippen LogP contribution in [0.5, 0.6) is 0 Å². The summed E-state index contributed by atoms with van der Waals surface area (Å²) in [6.45, 7) is 8.54. The average Bonchev–Trinajstić information content (AvgIpc) is 2.71. The molecule has 2 N–H and O–H groups in total. The monoisotopic (exact) mass is 253 g/mol. The first-order chi connectivity index (χ1) is 8.21. The molecule has 0 saturated carbocycles. The summed E-state index contributed by atoms with van der Waals surface area (Å²) in [4.78, 5) is 12.6. The Morgan fingerprint density at radius 3 is 2.56 bits per heavy atom. The number of carbonyl (C=O) groups is 1. The smallest absolute Gasteiger partial charge is 0.188 e. The molecule has 0 radical (unpaired) electrons. The van der Waals surface area contributed by atoms with Crippen molar-refractivity contribution in [3.05, 3.63) is 18.0 Å². The molecule has 0 spiro atoms. The molecule has 0 aromatic carbocycles. The molecule has 1 rings (SSSR count). The maximum absolute atomic E-state index is 12.6. The third-order valence-corrected chi connectivity index (χ3v) is 3.63. The third kappa shape index (κ3) is 2.79. The number of nitrogens with two attached hydrogens (primary N) is 1. The van der Waals surface area contributed by atoms with Gasteiger partial charge < -0.3 is 10.5 Å². The van der Waals surface area contributed by atoms with Gasteiger partial charge in [-0.2, -0.15) is 5.10 Å². The van der Waals surface area contributed by atoms with Gasteiger partial charge in [-0.25, -0.2) is 0 Å². The number of aromatic nitrogens is 2. The lowest BCUT2D eigenvalue weighted by atomic mass is 9.71. The molecule has 0 aliphatic heterocycles. The second kappa shape index (κ2) is 5.20. The molecule has 0 atom stereocenters. The third-order valence-electron chi connectivity index (χ3n) is 3.63. The van der Waals surface area contributed by atoms with Crippen LogP contribution in [0.4, 0.5) is 0 Å². The highest BCUT2D eigenvalue weighted by Crippen LogP contribution is 2.32. The van der Waals surface area contributed by atoms with Crippen LogP contribution in [0.2, 0.25) is 0 Å². The predicted molar refractivity (Wildman–Crippen MR) is 70.5 cm³/mol. The van der Waals surface area contributed by atoms with Crippen LogP contribution in [0, 0.1) is 5.41 Å². The number of Topliss-reactive ketones (excluding diaryl/α,β-unsaturated/α-hetero) is 1. The van der Waals surface area contributed by atoms with E-state index in [1.807, 2.05) is 27.7 Å². The minimum atomic E-state index is -0.655. The van der Waals surface area contributed by atoms with Gasteiger partial charge in [-0.15, -0.1) is 0 Å². The lowest BCUT2D eigenvalue weighted by molar-refractivity contribution is 0.0719. The van der Waals surface area contributed by atoms with E-state index in [9.17, 15) is 4.79 Å². The van der Waals surface area contributed by atoms with Crippen LogP contribution in [0.3, 0.4) is 0 Å². The minimum absolute atomic E-state index is 0.00334. The number of nitrogens with zero attached hydrogens (tertiary/aromatic N) is 2. The van der Waals surface area contributed by atoms with E-state index in [2.05, 4.69) is 5.10 Å². The number of carbonyl (C=O) groups excluding carboxylic acids is 1. The molecule has 5 nitrogen and oxygen atoms in total. The zero-order chi connectivity index (χ0) is 14.0. The van der Waals surface area contributed by atoms with E-state index in [0.29, 0.717) is 18.8 Å². The van der Waals surface area contributed by atoms with Crippen molar-refractivity contribution in [1.29, 1.82) is 0 Å². The van der Waals surface area contributed by atoms with Crippen LogP contribution in [0.1, 0.15) is 38.2 Å². The van der Waals surface area contributed by atoms with Gasteiger partial charge in [0.05, 0.1) is 13.2 Å². The molecule has 0 aliphatic rings. The van der Waals surface area contributed by atoms with E-state index in [0.717, 1.165) is 0 Å². The maximum Gasteiger partial charge on any atom is 0.188 e. The van der Waals surface area contributed by atoms with Crippen molar-refractivity contribution in [2.24, 2.45) is 11.1 Å². The summed E-state index contributed by atoms with van der Waals surface area (Å²) in [5.41, 5.74) is 5.42. The summed E-state index contributed by atoms with van der Waals surface area (Å²) in [5, 5.41) is 4.15. The lowest BCUT2D eigenvalue weighted by Crippen LogP contribution is -2.52. The highest BCUT2D eigenvalue weighted by atomic mass is 16.5. The largest absolute Gasteiger partial charge is 0.383 e. The molecule has 0 fully saturated rings. The van der Waals surface area contributed by atoms with Gasteiger partial charge in [-0.05, 0) is 19.9 Å². The Balaban J connectivity index is 3.01. The van der Waals surface area contributed by atoms with Crippen molar-refractivity contribution < 1.29 is 9.53 Å². The van der Waals surface area contributed by atoms with E-state index < -0.39 is 11.0 Å². The number of hydrogen-bond donors (Lipinski definition) is 1. The maximum atomic E-state index is 12.6. The Morgan fingerprint density at radius 2 is 2.06 bits per heavy atom. The summed E-state index contributed by atoms with van der Waals surface area (Å²) in [6.07, 6.45) is 1.63. The van der Waals surface area contributed by atoms with Crippen molar-refractivity contribution in [1.82, 2.24) is 9.78 Å².